The number of rotatable bonds is 3. The third-order valence-electron chi connectivity index (χ3n) is 5.00. The summed E-state index contributed by atoms with van der Waals surface area (Å²) in [6.45, 7) is 6.10. The van der Waals surface area contributed by atoms with E-state index < -0.39 is 0 Å². The molecule has 6 nitrogen and oxygen atoms in total. The van der Waals surface area contributed by atoms with E-state index in [1.807, 2.05) is 38.1 Å². The van der Waals surface area contributed by atoms with Gasteiger partial charge in [-0.25, -0.2) is 0 Å². The first-order valence-electron chi connectivity index (χ1n) is 9.26. The largest absolute Gasteiger partial charge is 0.272 e. The van der Waals surface area contributed by atoms with Crippen LogP contribution in [0.2, 0.25) is 5.02 Å². The third-order valence-corrected chi connectivity index (χ3v) is 8.64. The maximum Gasteiger partial charge on any atom is 0.163 e. The molecule has 0 saturated heterocycles. The molecule has 0 unspecified atom stereocenters. The Labute approximate surface area is 200 Å². The highest BCUT2D eigenvalue weighted by Crippen LogP contribution is 2.40. The molecule has 1 aliphatic heterocycles. The lowest BCUT2D eigenvalue weighted by Crippen LogP contribution is -2.09. The van der Waals surface area contributed by atoms with Crippen LogP contribution in [0.3, 0.4) is 0 Å². The van der Waals surface area contributed by atoms with Gasteiger partial charge in [0.25, 0.3) is 0 Å². The highest BCUT2D eigenvalue weighted by atomic mass is 127. The van der Waals surface area contributed by atoms with Gasteiger partial charge in [-0.05, 0) is 61.1 Å². The molecule has 0 N–H and O–H groups in total. The summed E-state index contributed by atoms with van der Waals surface area (Å²) in [6, 6.07) is 7.66. The average Bonchev–Trinajstić information content (AvgIpc) is 3.35. The number of aliphatic imine (C=N–C) groups is 1. The predicted molar refractivity (Wildman–Crippen MR) is 130 cm³/mol. The molecule has 0 spiro atoms. The van der Waals surface area contributed by atoms with Crippen molar-refractivity contribution in [2.75, 3.05) is 0 Å². The van der Waals surface area contributed by atoms with Gasteiger partial charge >= 0.3 is 0 Å². The van der Waals surface area contributed by atoms with Crippen LogP contribution < -0.4 is 0 Å². The van der Waals surface area contributed by atoms with Crippen molar-refractivity contribution in [3.63, 3.8) is 0 Å². The van der Waals surface area contributed by atoms with Crippen LogP contribution in [-0.4, -0.2) is 30.7 Å². The molecule has 0 amide bonds. The number of aryl methyl sites for hydroxylation is 2. The van der Waals surface area contributed by atoms with Crippen molar-refractivity contribution < 1.29 is 0 Å². The summed E-state index contributed by atoms with van der Waals surface area (Å²) in [4.78, 5) is 5.24. The fourth-order valence-corrected chi connectivity index (χ4v) is 6.44. The van der Waals surface area contributed by atoms with Gasteiger partial charge in [0.15, 0.2) is 5.82 Å². The molecule has 5 rings (SSSR count). The van der Waals surface area contributed by atoms with Crippen LogP contribution in [-0.2, 0) is 6.42 Å². The Bertz CT molecular complexity index is 1290. The quantitative estimate of drug-likeness (QED) is 0.307. The molecule has 0 saturated carbocycles. The molecular weight excluding hydrogens is 551 g/mol. The van der Waals surface area contributed by atoms with E-state index in [0.29, 0.717) is 11.4 Å². The first-order valence-corrected chi connectivity index (χ1v) is 12.4. The second-order valence-electron chi connectivity index (χ2n) is 7.04. The Morgan fingerprint density at radius 3 is 2.50 bits per heavy atom. The Hall–Kier alpha value is -1.69. The molecule has 30 heavy (non-hydrogen) atoms. The van der Waals surface area contributed by atoms with E-state index in [1.54, 1.807) is 22.7 Å². The topological polar surface area (TPSA) is 68.8 Å². The van der Waals surface area contributed by atoms with Crippen LogP contribution in [0, 0.1) is 23.7 Å². The number of halogens is 2. The Morgan fingerprint density at radius 1 is 1.03 bits per heavy atom. The maximum atomic E-state index is 6.16. The summed E-state index contributed by atoms with van der Waals surface area (Å²) in [5.74, 6) is 1.69. The van der Waals surface area contributed by atoms with E-state index in [2.05, 4.69) is 54.5 Å². The van der Waals surface area contributed by atoms with Gasteiger partial charge < -0.3 is 0 Å². The molecule has 10 heteroatoms. The lowest BCUT2D eigenvalue weighted by Gasteiger charge is -2.11. The maximum absolute atomic E-state index is 6.16. The first kappa shape index (κ1) is 20.2. The normalized spacial score (nSPS) is 15.5. The van der Waals surface area contributed by atoms with Crippen LogP contribution in [0.5, 0.6) is 0 Å². The van der Waals surface area contributed by atoms with E-state index in [1.165, 1.54) is 8.45 Å². The predicted octanol–water partition coefficient (Wildman–Crippen LogP) is 5.50. The van der Waals surface area contributed by atoms with Crippen molar-refractivity contribution in [3.8, 4) is 5.00 Å². The molecule has 0 radical (unpaired) electrons. The van der Waals surface area contributed by atoms with Gasteiger partial charge in [-0.1, -0.05) is 23.7 Å². The van der Waals surface area contributed by atoms with Gasteiger partial charge in [-0.3, -0.25) is 9.56 Å². The van der Waals surface area contributed by atoms with Gasteiger partial charge in [-0.2, -0.15) is 0 Å². The molecule has 4 heterocycles. The summed E-state index contributed by atoms with van der Waals surface area (Å²) in [6.07, 6.45) is 0.631. The fraction of sp³-hybridized carbons (Fsp3) is 0.250. The molecule has 152 valence electrons. The number of hydrogen-bond acceptors (Lipinski definition) is 7. The summed E-state index contributed by atoms with van der Waals surface area (Å²) in [5.41, 5.74) is 4.34. The SMILES string of the molecule is Cc1nnc(C[C@@H]2N=C(c3ccc(Cl)cc3)c3c(sc(I)c3C)-n3c(C)nnc32)s1. The summed E-state index contributed by atoms with van der Waals surface area (Å²) < 4.78 is 3.39. The van der Waals surface area contributed by atoms with E-state index in [0.717, 1.165) is 43.5 Å². The van der Waals surface area contributed by atoms with Crippen molar-refractivity contribution >= 4 is 62.6 Å². The third kappa shape index (κ3) is 3.41. The highest BCUT2D eigenvalue weighted by molar-refractivity contribution is 14.1. The number of hydrogen-bond donors (Lipinski definition) is 0. The fourth-order valence-electron chi connectivity index (χ4n) is 3.58. The van der Waals surface area contributed by atoms with Crippen LogP contribution >= 0.6 is 56.9 Å². The zero-order valence-corrected chi connectivity index (χ0v) is 20.9. The van der Waals surface area contributed by atoms with Gasteiger partial charge in [-0.15, -0.1) is 43.1 Å². The number of fused-ring (bicyclic) bond motifs is 3. The number of nitrogens with zero attached hydrogens (tertiary/aromatic N) is 6. The molecule has 1 aromatic carbocycles. The second-order valence-corrected chi connectivity index (χ2v) is 11.6. The molecule has 1 atom stereocenters. The van der Waals surface area contributed by atoms with E-state index in [4.69, 9.17) is 16.6 Å². The van der Waals surface area contributed by atoms with Crippen LogP contribution in [0.1, 0.15) is 44.4 Å². The number of benzene rings is 1. The molecule has 1 aliphatic rings. The minimum absolute atomic E-state index is 0.208. The van der Waals surface area contributed by atoms with Crippen molar-refractivity contribution in [2.45, 2.75) is 33.2 Å². The van der Waals surface area contributed by atoms with Gasteiger partial charge in [0.05, 0.1) is 8.60 Å². The van der Waals surface area contributed by atoms with E-state index in [-0.39, 0.29) is 6.04 Å². The molecular formula is C20H16ClIN6S2. The summed E-state index contributed by atoms with van der Waals surface area (Å²) in [5, 5.41) is 21.1. The van der Waals surface area contributed by atoms with Crippen LogP contribution in [0.15, 0.2) is 29.3 Å². The zero-order chi connectivity index (χ0) is 21.0. The standard InChI is InChI=1S/C20H16ClIN6S2/c1-9-16-17(12-4-6-13(21)7-5-12)23-14(8-15-26-25-11(3)29-15)19-27-24-10(2)28(19)20(16)30-18(9)22/h4-7,14H,8H2,1-3H3/t14-/m0/s1. The minimum atomic E-state index is -0.208. The monoisotopic (exact) mass is 566 g/mol. The van der Waals surface area contributed by atoms with Crippen molar-refractivity contribution in [2.24, 2.45) is 4.99 Å². The first-order chi connectivity index (χ1) is 14.4. The minimum Gasteiger partial charge on any atom is -0.272 e. The van der Waals surface area contributed by atoms with Gasteiger partial charge in [0, 0.05) is 22.6 Å². The van der Waals surface area contributed by atoms with Crippen LogP contribution in [0.25, 0.3) is 5.00 Å². The van der Waals surface area contributed by atoms with Crippen LogP contribution in [0.4, 0.5) is 0 Å². The number of aromatic nitrogens is 5. The molecule has 3 aromatic heterocycles. The summed E-state index contributed by atoms with van der Waals surface area (Å²) in [7, 11) is 0. The highest BCUT2D eigenvalue weighted by Gasteiger charge is 2.32. The molecule has 0 aliphatic carbocycles. The van der Waals surface area contributed by atoms with Crippen molar-refractivity contribution in [1.29, 1.82) is 0 Å². The Morgan fingerprint density at radius 2 is 1.80 bits per heavy atom. The van der Waals surface area contributed by atoms with Gasteiger partial charge in [0.2, 0.25) is 0 Å². The molecule has 0 fully saturated rings. The van der Waals surface area contributed by atoms with Crippen molar-refractivity contribution in [3.05, 3.63) is 70.5 Å². The zero-order valence-electron chi connectivity index (χ0n) is 16.3. The molecule has 0 bridgehead atoms. The van der Waals surface area contributed by atoms with Gasteiger partial charge in [0.1, 0.15) is 26.9 Å². The van der Waals surface area contributed by atoms with E-state index >= 15 is 0 Å². The average molecular weight is 567 g/mol. The van der Waals surface area contributed by atoms with Crippen molar-refractivity contribution in [1.82, 2.24) is 25.0 Å². The lowest BCUT2D eigenvalue weighted by molar-refractivity contribution is 0.651. The Balaban J connectivity index is 1.76. The molecule has 4 aromatic rings. The summed E-state index contributed by atoms with van der Waals surface area (Å²) >= 11 is 11.9. The number of thiophene rings is 1. The Kier molecular flexibility index (Phi) is 5.24. The second kappa shape index (κ2) is 7.77. The smallest absolute Gasteiger partial charge is 0.163 e. The van der Waals surface area contributed by atoms with E-state index in [9.17, 15) is 0 Å². The lowest BCUT2D eigenvalue weighted by atomic mass is 10.0.